The van der Waals surface area contributed by atoms with E-state index in [1.165, 1.54) is 0 Å². The van der Waals surface area contributed by atoms with Gasteiger partial charge in [-0.25, -0.2) is 0 Å². The molecule has 1 aromatic heterocycles. The van der Waals surface area contributed by atoms with Crippen LogP contribution in [0.3, 0.4) is 0 Å². The Bertz CT molecular complexity index is 1060. The lowest BCUT2D eigenvalue weighted by molar-refractivity contribution is -0.143. The van der Waals surface area contributed by atoms with Crippen molar-refractivity contribution in [3.8, 4) is 0 Å². The van der Waals surface area contributed by atoms with E-state index in [1.54, 1.807) is 4.90 Å². The lowest BCUT2D eigenvalue weighted by Gasteiger charge is -2.17. The van der Waals surface area contributed by atoms with Crippen molar-refractivity contribution in [1.29, 1.82) is 0 Å². The zero-order valence-corrected chi connectivity index (χ0v) is 15.4. The standard InChI is InChI=1S/C21H16F6N2O/c22-20(23,24)15-5-13(6-16(8-15)21(25,26)27)10-29-11-17(30-12-29)7-14-9-28-19-4-2-1-3-18(14)19/h1-9,28H,10-12H2. The maximum absolute atomic E-state index is 13.0. The Kier molecular flexibility index (Phi) is 5.01. The zero-order chi connectivity index (χ0) is 21.5. The van der Waals surface area contributed by atoms with E-state index in [1.807, 2.05) is 36.5 Å². The van der Waals surface area contributed by atoms with Crippen LogP contribution in [0.4, 0.5) is 26.3 Å². The molecule has 2 aromatic carbocycles. The summed E-state index contributed by atoms with van der Waals surface area (Å²) in [6.45, 7) is 0.251. The number of aromatic amines is 1. The molecule has 0 unspecified atom stereocenters. The highest BCUT2D eigenvalue weighted by Gasteiger charge is 2.37. The average molecular weight is 426 g/mol. The minimum absolute atomic E-state index is 0.0749. The average Bonchev–Trinajstić information content (AvgIpc) is 3.28. The number of halogens is 6. The third-order valence-corrected chi connectivity index (χ3v) is 4.80. The number of fused-ring (bicyclic) bond motifs is 1. The molecule has 30 heavy (non-hydrogen) atoms. The van der Waals surface area contributed by atoms with Crippen LogP contribution >= 0.6 is 0 Å². The summed E-state index contributed by atoms with van der Waals surface area (Å²) in [5, 5.41) is 0.986. The van der Waals surface area contributed by atoms with Crippen LogP contribution in [0.15, 0.2) is 54.4 Å². The number of H-pyrrole nitrogens is 1. The van der Waals surface area contributed by atoms with Crippen LogP contribution in [0.1, 0.15) is 22.3 Å². The molecule has 1 fully saturated rings. The minimum atomic E-state index is -4.86. The van der Waals surface area contributed by atoms with E-state index in [0.29, 0.717) is 5.76 Å². The molecule has 158 valence electrons. The normalized spacial score (nSPS) is 17.1. The number of para-hydroxylation sites is 1. The number of aromatic nitrogens is 1. The molecule has 3 aromatic rings. The van der Waals surface area contributed by atoms with Crippen LogP contribution in [0.2, 0.25) is 0 Å². The Morgan fingerprint density at radius 1 is 0.967 bits per heavy atom. The topological polar surface area (TPSA) is 28.3 Å². The first-order chi connectivity index (χ1) is 14.1. The summed E-state index contributed by atoms with van der Waals surface area (Å²) >= 11 is 0. The van der Waals surface area contributed by atoms with Gasteiger partial charge in [0.05, 0.1) is 17.7 Å². The highest BCUT2D eigenvalue weighted by Crippen LogP contribution is 2.36. The second-order valence-corrected chi connectivity index (χ2v) is 7.07. The summed E-state index contributed by atoms with van der Waals surface area (Å²) in [5.41, 5.74) is -0.873. The van der Waals surface area contributed by atoms with E-state index >= 15 is 0 Å². The number of rotatable bonds is 3. The van der Waals surface area contributed by atoms with Crippen molar-refractivity contribution in [1.82, 2.24) is 9.88 Å². The van der Waals surface area contributed by atoms with Crippen molar-refractivity contribution in [2.24, 2.45) is 0 Å². The SMILES string of the molecule is FC(F)(F)c1cc(CN2COC(=Cc3c[nH]c4ccccc34)C2)cc(C(F)(F)F)c1. The fourth-order valence-corrected chi connectivity index (χ4v) is 3.43. The minimum Gasteiger partial charge on any atom is -0.481 e. The van der Waals surface area contributed by atoms with E-state index in [0.717, 1.165) is 28.6 Å². The Balaban J connectivity index is 1.54. The van der Waals surface area contributed by atoms with Gasteiger partial charge in [-0.05, 0) is 35.9 Å². The summed E-state index contributed by atoms with van der Waals surface area (Å²) < 4.78 is 83.8. The Hall–Kier alpha value is -2.94. The molecule has 0 saturated carbocycles. The van der Waals surface area contributed by atoms with Gasteiger partial charge in [-0.2, -0.15) is 26.3 Å². The van der Waals surface area contributed by atoms with Crippen molar-refractivity contribution in [2.75, 3.05) is 13.3 Å². The van der Waals surface area contributed by atoms with Crippen LogP contribution in [-0.2, 0) is 23.6 Å². The number of benzene rings is 2. The zero-order valence-electron chi connectivity index (χ0n) is 15.4. The van der Waals surface area contributed by atoms with E-state index in [-0.39, 0.29) is 31.5 Å². The molecule has 0 amide bonds. The molecule has 0 aliphatic carbocycles. The third kappa shape index (κ3) is 4.30. The van der Waals surface area contributed by atoms with E-state index in [9.17, 15) is 26.3 Å². The second-order valence-electron chi connectivity index (χ2n) is 7.07. The molecule has 1 aliphatic heterocycles. The number of alkyl halides is 6. The summed E-state index contributed by atoms with van der Waals surface area (Å²) in [5.74, 6) is 0.586. The molecule has 1 aliphatic rings. The molecule has 4 rings (SSSR count). The fraction of sp³-hybridized carbons (Fsp3) is 0.238. The Morgan fingerprint density at radius 3 is 2.30 bits per heavy atom. The van der Waals surface area contributed by atoms with Crippen LogP contribution < -0.4 is 0 Å². The summed E-state index contributed by atoms with van der Waals surface area (Å²) in [7, 11) is 0. The molecule has 1 N–H and O–H groups in total. The number of nitrogens with zero attached hydrogens (tertiary/aromatic N) is 1. The maximum Gasteiger partial charge on any atom is 0.416 e. The number of ether oxygens (including phenoxy) is 1. The van der Waals surface area contributed by atoms with Crippen LogP contribution in [0.5, 0.6) is 0 Å². The smallest absolute Gasteiger partial charge is 0.416 e. The predicted molar refractivity (Wildman–Crippen MR) is 99.1 cm³/mol. The summed E-state index contributed by atoms with van der Waals surface area (Å²) in [6, 6.07) is 9.27. The molecule has 0 spiro atoms. The molecule has 9 heteroatoms. The molecular weight excluding hydrogens is 410 g/mol. The largest absolute Gasteiger partial charge is 0.481 e. The molecule has 0 bridgehead atoms. The van der Waals surface area contributed by atoms with Gasteiger partial charge >= 0.3 is 12.4 Å². The quantitative estimate of drug-likeness (QED) is 0.518. The predicted octanol–water partition coefficient (Wildman–Crippen LogP) is 6.04. The van der Waals surface area contributed by atoms with Crippen molar-refractivity contribution in [3.63, 3.8) is 0 Å². The van der Waals surface area contributed by atoms with Crippen LogP contribution in [0.25, 0.3) is 17.0 Å². The number of hydrogen-bond donors (Lipinski definition) is 1. The monoisotopic (exact) mass is 426 g/mol. The highest BCUT2D eigenvalue weighted by molar-refractivity contribution is 5.89. The van der Waals surface area contributed by atoms with E-state index in [2.05, 4.69) is 4.98 Å². The molecule has 0 radical (unpaired) electrons. The van der Waals surface area contributed by atoms with Crippen molar-refractivity contribution >= 4 is 17.0 Å². The molecular formula is C21H16F6N2O. The number of hydrogen-bond acceptors (Lipinski definition) is 2. The van der Waals surface area contributed by atoms with Gasteiger partial charge in [0, 0.05) is 29.2 Å². The van der Waals surface area contributed by atoms with Gasteiger partial charge in [0.25, 0.3) is 0 Å². The van der Waals surface area contributed by atoms with Gasteiger partial charge in [-0.15, -0.1) is 0 Å². The maximum atomic E-state index is 13.0. The molecule has 2 heterocycles. The van der Waals surface area contributed by atoms with E-state index < -0.39 is 23.5 Å². The van der Waals surface area contributed by atoms with Gasteiger partial charge in [-0.3, -0.25) is 4.90 Å². The second kappa shape index (κ2) is 7.39. The summed E-state index contributed by atoms with van der Waals surface area (Å²) in [4.78, 5) is 4.76. The van der Waals surface area contributed by atoms with E-state index in [4.69, 9.17) is 4.74 Å². The van der Waals surface area contributed by atoms with Crippen molar-refractivity contribution in [3.05, 3.63) is 76.7 Å². The van der Waals surface area contributed by atoms with Gasteiger partial charge in [0.1, 0.15) is 12.5 Å². The van der Waals surface area contributed by atoms with Gasteiger partial charge < -0.3 is 9.72 Å². The van der Waals surface area contributed by atoms with Gasteiger partial charge in [0.15, 0.2) is 0 Å². The highest BCUT2D eigenvalue weighted by atomic mass is 19.4. The Morgan fingerprint density at radius 2 is 1.63 bits per heavy atom. The first-order valence-electron chi connectivity index (χ1n) is 9.00. The number of nitrogens with one attached hydrogen (secondary N) is 1. The van der Waals surface area contributed by atoms with Gasteiger partial charge in [-0.1, -0.05) is 18.2 Å². The summed E-state index contributed by atoms with van der Waals surface area (Å²) in [6.07, 6.45) is -6.10. The first kappa shape index (κ1) is 20.3. The van der Waals surface area contributed by atoms with Crippen molar-refractivity contribution < 1.29 is 31.1 Å². The lowest BCUT2D eigenvalue weighted by Crippen LogP contribution is -2.20. The lowest BCUT2D eigenvalue weighted by atomic mass is 10.0. The fourth-order valence-electron chi connectivity index (χ4n) is 3.43. The molecule has 3 nitrogen and oxygen atoms in total. The van der Waals surface area contributed by atoms with Gasteiger partial charge in [0.2, 0.25) is 0 Å². The Labute approximate surface area is 167 Å². The molecule has 1 saturated heterocycles. The third-order valence-electron chi connectivity index (χ3n) is 4.80. The van der Waals surface area contributed by atoms with Crippen LogP contribution in [0, 0.1) is 0 Å². The molecule has 0 atom stereocenters. The first-order valence-corrected chi connectivity index (χ1v) is 9.00. The van der Waals surface area contributed by atoms with Crippen LogP contribution in [-0.4, -0.2) is 23.2 Å². The van der Waals surface area contributed by atoms with Crippen molar-refractivity contribution in [2.45, 2.75) is 18.9 Å².